The zero-order valence-corrected chi connectivity index (χ0v) is 17.8. The number of aryl methyl sites for hydroxylation is 1. The second-order valence-corrected chi connectivity index (χ2v) is 5.55. The van der Waals surface area contributed by atoms with E-state index >= 15 is 0 Å². The average Bonchev–Trinajstić information content (AvgIpc) is 3.10. The van der Waals surface area contributed by atoms with Crippen molar-refractivity contribution in [3.8, 4) is 5.75 Å². The van der Waals surface area contributed by atoms with Crippen LogP contribution in [0.25, 0.3) is 0 Å². The summed E-state index contributed by atoms with van der Waals surface area (Å²) < 4.78 is 7.32. The van der Waals surface area contributed by atoms with E-state index in [4.69, 9.17) is 10.5 Å². The highest BCUT2D eigenvalue weighted by Gasteiger charge is 2.03. The number of nitrogens with one attached hydrogen (secondary N) is 2. The molecule has 0 aliphatic carbocycles. The highest BCUT2D eigenvalue weighted by atomic mass is 127. The van der Waals surface area contributed by atoms with Gasteiger partial charge >= 0.3 is 0 Å². The zero-order valence-electron chi connectivity index (χ0n) is 15.5. The third-order valence-corrected chi connectivity index (χ3v) is 3.62. The van der Waals surface area contributed by atoms with E-state index in [1.165, 1.54) is 0 Å². The van der Waals surface area contributed by atoms with Gasteiger partial charge in [0.2, 0.25) is 0 Å². The third-order valence-electron chi connectivity index (χ3n) is 3.62. The van der Waals surface area contributed by atoms with Crippen molar-refractivity contribution in [1.82, 2.24) is 25.4 Å². The Kier molecular flexibility index (Phi) is 10.2. The molecule has 10 heteroatoms. The van der Waals surface area contributed by atoms with Crippen molar-refractivity contribution in [3.05, 3.63) is 42.0 Å². The topological polar surface area (TPSA) is 119 Å². The van der Waals surface area contributed by atoms with E-state index in [2.05, 4.69) is 32.7 Å². The van der Waals surface area contributed by atoms with Gasteiger partial charge in [-0.1, -0.05) is 19.1 Å². The number of primary amides is 1. The number of hydrogen-bond donors (Lipinski definition) is 3. The molecule has 0 aliphatic heterocycles. The lowest BCUT2D eigenvalue weighted by atomic mass is 10.2. The molecule has 1 amide bonds. The van der Waals surface area contributed by atoms with Crippen LogP contribution in [0.4, 0.5) is 0 Å². The molecule has 0 fully saturated rings. The van der Waals surface area contributed by atoms with E-state index < -0.39 is 5.91 Å². The van der Waals surface area contributed by atoms with Gasteiger partial charge in [0.05, 0.1) is 0 Å². The quantitative estimate of drug-likeness (QED) is 0.272. The van der Waals surface area contributed by atoms with Crippen molar-refractivity contribution in [2.24, 2.45) is 10.7 Å². The molecule has 27 heavy (non-hydrogen) atoms. The second kappa shape index (κ2) is 12.1. The monoisotopic (exact) mass is 487 g/mol. The molecule has 4 N–H and O–H groups in total. The van der Waals surface area contributed by atoms with Crippen LogP contribution in [-0.4, -0.2) is 46.8 Å². The van der Waals surface area contributed by atoms with Crippen molar-refractivity contribution >= 4 is 35.8 Å². The van der Waals surface area contributed by atoms with Gasteiger partial charge in [-0.15, -0.1) is 34.2 Å². The minimum atomic E-state index is -0.502. The second-order valence-electron chi connectivity index (χ2n) is 5.55. The lowest BCUT2D eigenvalue weighted by Crippen LogP contribution is -2.38. The van der Waals surface area contributed by atoms with E-state index in [0.29, 0.717) is 24.8 Å². The van der Waals surface area contributed by atoms with Crippen LogP contribution in [0.2, 0.25) is 0 Å². The first-order chi connectivity index (χ1) is 12.6. The number of aromatic nitrogens is 3. The fourth-order valence-corrected chi connectivity index (χ4v) is 2.34. The molecule has 1 heterocycles. The number of halogens is 1. The summed E-state index contributed by atoms with van der Waals surface area (Å²) in [4.78, 5) is 15.0. The molecule has 0 bridgehead atoms. The number of amides is 1. The van der Waals surface area contributed by atoms with Crippen LogP contribution in [0.5, 0.6) is 5.75 Å². The van der Waals surface area contributed by atoms with Gasteiger partial charge in [-0.2, -0.15) is 0 Å². The number of hydrogen-bond acceptors (Lipinski definition) is 5. The van der Waals surface area contributed by atoms with E-state index in [9.17, 15) is 4.79 Å². The summed E-state index contributed by atoms with van der Waals surface area (Å²) in [5.74, 6) is 1.75. The summed E-state index contributed by atoms with van der Waals surface area (Å²) in [6.07, 6.45) is 2.58. The fraction of sp³-hybridized carbons (Fsp3) is 0.412. The van der Waals surface area contributed by atoms with Gasteiger partial charge in [0.1, 0.15) is 17.9 Å². The first-order valence-electron chi connectivity index (χ1n) is 8.43. The molecule has 2 rings (SSSR count). The molecule has 0 unspecified atom stereocenters. The lowest BCUT2D eigenvalue weighted by Gasteiger charge is -2.13. The third kappa shape index (κ3) is 7.81. The first-order valence-corrected chi connectivity index (χ1v) is 8.43. The molecule has 0 radical (unpaired) electrons. The predicted octanol–water partition coefficient (Wildman–Crippen LogP) is 0.688. The summed E-state index contributed by atoms with van der Waals surface area (Å²) in [5.41, 5.74) is 6.09. The van der Waals surface area contributed by atoms with Gasteiger partial charge in [-0.25, -0.2) is 0 Å². The molecule has 0 saturated carbocycles. The number of carbonyl (C=O) groups is 1. The fourth-order valence-electron chi connectivity index (χ4n) is 2.34. The number of aliphatic imine (C=N–C) groups is 1. The van der Waals surface area contributed by atoms with Crippen molar-refractivity contribution in [1.29, 1.82) is 0 Å². The predicted molar refractivity (Wildman–Crippen MR) is 114 cm³/mol. The largest absolute Gasteiger partial charge is 0.484 e. The summed E-state index contributed by atoms with van der Waals surface area (Å²) in [7, 11) is 1.72. The van der Waals surface area contributed by atoms with Crippen molar-refractivity contribution in [2.45, 2.75) is 26.4 Å². The van der Waals surface area contributed by atoms with Gasteiger partial charge in [-0.3, -0.25) is 9.79 Å². The van der Waals surface area contributed by atoms with Gasteiger partial charge in [0.15, 0.2) is 12.6 Å². The van der Waals surface area contributed by atoms with Crippen LogP contribution in [0.15, 0.2) is 35.6 Å². The first kappa shape index (κ1) is 22.7. The smallest absolute Gasteiger partial charge is 0.255 e. The summed E-state index contributed by atoms with van der Waals surface area (Å²) in [6, 6.07) is 7.46. The van der Waals surface area contributed by atoms with Crippen LogP contribution in [0.3, 0.4) is 0 Å². The Balaban J connectivity index is 0.00000364. The average molecular weight is 487 g/mol. The number of guanidine groups is 1. The summed E-state index contributed by atoms with van der Waals surface area (Å²) >= 11 is 0. The summed E-state index contributed by atoms with van der Waals surface area (Å²) in [6.45, 7) is 3.94. The van der Waals surface area contributed by atoms with Crippen LogP contribution in [-0.2, 0) is 24.3 Å². The maximum absolute atomic E-state index is 10.8. The molecule has 2 aromatic rings. The van der Waals surface area contributed by atoms with E-state index in [-0.39, 0.29) is 30.6 Å². The lowest BCUT2D eigenvalue weighted by molar-refractivity contribution is -0.119. The summed E-state index contributed by atoms with van der Waals surface area (Å²) in [5, 5.41) is 14.5. The SMILES string of the molecule is CCc1nncn1CCNC(=NC)NCc1cccc(OCC(N)=O)c1.I. The maximum Gasteiger partial charge on any atom is 0.255 e. The Morgan fingerprint density at radius 1 is 1.37 bits per heavy atom. The van der Waals surface area contributed by atoms with Gasteiger partial charge < -0.3 is 25.7 Å². The molecule has 0 spiro atoms. The Hall–Kier alpha value is -2.37. The van der Waals surface area contributed by atoms with Crippen molar-refractivity contribution in [3.63, 3.8) is 0 Å². The molecule has 0 saturated heterocycles. The van der Waals surface area contributed by atoms with Crippen LogP contribution >= 0.6 is 24.0 Å². The van der Waals surface area contributed by atoms with E-state index in [1.54, 1.807) is 19.4 Å². The van der Waals surface area contributed by atoms with Crippen molar-refractivity contribution < 1.29 is 9.53 Å². The van der Waals surface area contributed by atoms with E-state index in [0.717, 1.165) is 24.4 Å². The number of benzene rings is 1. The number of carbonyl (C=O) groups excluding carboxylic acids is 1. The Morgan fingerprint density at radius 2 is 2.19 bits per heavy atom. The molecule has 0 atom stereocenters. The van der Waals surface area contributed by atoms with Gasteiger partial charge in [0.25, 0.3) is 5.91 Å². The number of rotatable bonds is 9. The molecule has 1 aromatic heterocycles. The maximum atomic E-state index is 10.8. The highest BCUT2D eigenvalue weighted by Crippen LogP contribution is 2.12. The minimum Gasteiger partial charge on any atom is -0.484 e. The molecule has 9 nitrogen and oxygen atoms in total. The van der Waals surface area contributed by atoms with E-state index in [1.807, 2.05) is 22.8 Å². The molecule has 0 aliphatic rings. The Labute approximate surface area is 175 Å². The minimum absolute atomic E-state index is 0. The molecular weight excluding hydrogens is 461 g/mol. The number of nitrogens with zero attached hydrogens (tertiary/aromatic N) is 4. The highest BCUT2D eigenvalue weighted by molar-refractivity contribution is 14.0. The number of ether oxygens (including phenoxy) is 1. The standard InChI is InChI=1S/C17H25N7O2.HI/c1-3-16-23-22-12-24(16)8-7-20-17(19-2)21-10-13-5-4-6-14(9-13)26-11-15(18)25;/h4-6,9,12H,3,7-8,10-11H2,1-2H3,(H2,18,25)(H2,19,20,21);1H. The normalized spacial score (nSPS) is 10.8. The Bertz CT molecular complexity index is 748. The van der Waals surface area contributed by atoms with Gasteiger partial charge in [0, 0.05) is 33.1 Å². The zero-order chi connectivity index (χ0) is 18.8. The molecule has 1 aromatic carbocycles. The Morgan fingerprint density at radius 3 is 2.89 bits per heavy atom. The number of nitrogens with two attached hydrogens (primary N) is 1. The molecular formula is C17H26IN7O2. The van der Waals surface area contributed by atoms with Crippen LogP contribution in [0, 0.1) is 0 Å². The van der Waals surface area contributed by atoms with Crippen molar-refractivity contribution in [2.75, 3.05) is 20.2 Å². The molecule has 148 valence electrons. The van der Waals surface area contributed by atoms with Gasteiger partial charge in [-0.05, 0) is 17.7 Å². The van der Waals surface area contributed by atoms with Crippen LogP contribution < -0.4 is 21.1 Å². The van der Waals surface area contributed by atoms with Crippen LogP contribution in [0.1, 0.15) is 18.3 Å².